The summed E-state index contributed by atoms with van der Waals surface area (Å²) in [5.41, 5.74) is 5.12. The van der Waals surface area contributed by atoms with Crippen LogP contribution in [0.15, 0.2) is 0 Å². The Morgan fingerprint density at radius 1 is 0.914 bits per heavy atom. The van der Waals surface area contributed by atoms with Gasteiger partial charge in [-0.25, -0.2) is 4.79 Å². The van der Waals surface area contributed by atoms with Crippen LogP contribution in [-0.2, 0) is 28.8 Å². The van der Waals surface area contributed by atoms with Crippen LogP contribution in [0.1, 0.15) is 26.2 Å². The Labute approximate surface area is 200 Å². The second-order valence-electron chi connectivity index (χ2n) is 7.93. The lowest BCUT2D eigenvalue weighted by Crippen LogP contribution is -2.60. The average molecular weight is 504 g/mol. The molecule has 6 atom stereocenters. The lowest BCUT2D eigenvalue weighted by molar-refractivity contribution is -0.145. The first-order valence-electron chi connectivity index (χ1n) is 10.8. The van der Waals surface area contributed by atoms with Crippen molar-refractivity contribution < 1.29 is 49.2 Å². The van der Waals surface area contributed by atoms with E-state index >= 15 is 0 Å². The molecule has 11 N–H and O–H groups in total. The van der Waals surface area contributed by atoms with Gasteiger partial charge in [0.15, 0.2) is 6.04 Å². The Morgan fingerprint density at radius 2 is 1.43 bits per heavy atom. The van der Waals surface area contributed by atoms with Crippen molar-refractivity contribution in [1.82, 2.24) is 26.6 Å². The summed E-state index contributed by atoms with van der Waals surface area (Å²) in [6.45, 7) is -0.112. The average Bonchev–Trinajstić information content (AvgIpc) is 3.32. The maximum absolute atomic E-state index is 12.6. The Bertz CT molecular complexity index is 801. The highest BCUT2D eigenvalue weighted by Gasteiger charge is 2.33. The van der Waals surface area contributed by atoms with Crippen molar-refractivity contribution in [3.05, 3.63) is 0 Å². The number of carboxylic acids is 1. The third-order valence-corrected chi connectivity index (χ3v) is 5.09. The molecule has 16 heteroatoms. The van der Waals surface area contributed by atoms with Gasteiger partial charge < -0.3 is 52.7 Å². The van der Waals surface area contributed by atoms with Crippen molar-refractivity contribution >= 4 is 35.5 Å². The Hall–Kier alpha value is -3.34. The Morgan fingerprint density at radius 3 is 1.89 bits per heavy atom. The van der Waals surface area contributed by atoms with E-state index in [9.17, 15) is 44.1 Å². The van der Waals surface area contributed by atoms with Crippen molar-refractivity contribution in [1.29, 1.82) is 0 Å². The molecule has 0 aromatic carbocycles. The van der Waals surface area contributed by atoms with E-state index in [1.165, 1.54) is 0 Å². The number of nitrogens with two attached hydrogens (primary N) is 1. The van der Waals surface area contributed by atoms with E-state index in [4.69, 9.17) is 10.8 Å². The van der Waals surface area contributed by atoms with Gasteiger partial charge in [-0.3, -0.25) is 24.0 Å². The van der Waals surface area contributed by atoms with Crippen LogP contribution in [-0.4, -0.2) is 112 Å². The SMILES string of the molecule is C[C@@H](O)[C@H](NC(=O)[C@H](CO)NC(=O)[C@H](CC(N)=O)NC(=O)[C@H](CO)NC(=O)[C@@H]1CCCN1)C(=O)O. The topological polar surface area (TPSA) is 270 Å². The van der Waals surface area contributed by atoms with Crippen LogP contribution in [0.25, 0.3) is 0 Å². The monoisotopic (exact) mass is 504 g/mol. The minimum absolute atomic E-state index is 0.528. The smallest absolute Gasteiger partial charge is 0.328 e. The van der Waals surface area contributed by atoms with Crippen molar-refractivity contribution in [3.8, 4) is 0 Å². The minimum atomic E-state index is -1.74. The van der Waals surface area contributed by atoms with E-state index < -0.39 is 91.5 Å². The van der Waals surface area contributed by atoms with Crippen molar-refractivity contribution in [2.24, 2.45) is 5.73 Å². The predicted molar refractivity (Wildman–Crippen MR) is 116 cm³/mol. The zero-order valence-electron chi connectivity index (χ0n) is 19.0. The van der Waals surface area contributed by atoms with Crippen LogP contribution in [0.3, 0.4) is 0 Å². The van der Waals surface area contributed by atoms with Crippen LogP contribution in [0.2, 0.25) is 0 Å². The number of hydrogen-bond donors (Lipinski definition) is 10. The molecule has 0 spiro atoms. The first-order chi connectivity index (χ1) is 16.4. The van der Waals surface area contributed by atoms with Crippen LogP contribution in [0, 0.1) is 0 Å². The second kappa shape index (κ2) is 14.1. The van der Waals surface area contributed by atoms with E-state index in [2.05, 4.69) is 16.0 Å². The van der Waals surface area contributed by atoms with E-state index in [-0.39, 0.29) is 0 Å². The van der Waals surface area contributed by atoms with Crippen molar-refractivity contribution in [3.63, 3.8) is 0 Å². The number of aliphatic carboxylic acids is 1. The molecule has 0 aromatic heterocycles. The minimum Gasteiger partial charge on any atom is -0.480 e. The number of aliphatic hydroxyl groups excluding tert-OH is 3. The molecule has 1 aliphatic heterocycles. The van der Waals surface area contributed by atoms with E-state index in [1.807, 2.05) is 10.6 Å². The summed E-state index contributed by atoms with van der Waals surface area (Å²) in [5.74, 6) is -6.46. The molecular formula is C19H32N6O10. The summed E-state index contributed by atoms with van der Waals surface area (Å²) in [6.07, 6.45) is -0.961. The normalized spacial score (nSPS) is 19.4. The van der Waals surface area contributed by atoms with Gasteiger partial charge in [-0.2, -0.15) is 0 Å². The number of hydrogen-bond acceptors (Lipinski definition) is 10. The Kier molecular flexibility index (Phi) is 12.0. The maximum Gasteiger partial charge on any atom is 0.328 e. The van der Waals surface area contributed by atoms with Crippen LogP contribution < -0.4 is 32.3 Å². The molecule has 5 amide bonds. The summed E-state index contributed by atoms with van der Waals surface area (Å²) in [4.78, 5) is 72.2. The van der Waals surface area contributed by atoms with E-state index in [0.29, 0.717) is 13.0 Å². The molecule has 1 saturated heterocycles. The molecule has 1 fully saturated rings. The quantitative estimate of drug-likeness (QED) is 0.106. The fourth-order valence-corrected chi connectivity index (χ4v) is 3.17. The molecule has 198 valence electrons. The number of aliphatic hydroxyl groups is 3. The van der Waals surface area contributed by atoms with Gasteiger partial charge >= 0.3 is 5.97 Å². The zero-order chi connectivity index (χ0) is 26.7. The molecule has 0 radical (unpaired) electrons. The molecule has 0 unspecified atom stereocenters. The summed E-state index contributed by atoms with van der Waals surface area (Å²) in [6, 6.07) is -7.13. The fraction of sp³-hybridized carbons (Fsp3) is 0.684. The molecule has 0 aliphatic carbocycles. The van der Waals surface area contributed by atoms with Gasteiger partial charge in [0.2, 0.25) is 29.5 Å². The third kappa shape index (κ3) is 9.44. The highest BCUT2D eigenvalue weighted by atomic mass is 16.4. The van der Waals surface area contributed by atoms with Gasteiger partial charge in [0.05, 0.1) is 31.8 Å². The fourth-order valence-electron chi connectivity index (χ4n) is 3.17. The van der Waals surface area contributed by atoms with E-state index in [0.717, 1.165) is 13.3 Å². The number of primary amides is 1. The molecule has 0 saturated carbocycles. The molecule has 1 aliphatic rings. The second-order valence-corrected chi connectivity index (χ2v) is 7.93. The summed E-state index contributed by atoms with van der Waals surface area (Å²) in [7, 11) is 0. The first-order valence-corrected chi connectivity index (χ1v) is 10.8. The highest BCUT2D eigenvalue weighted by Crippen LogP contribution is 2.05. The molecule has 16 nitrogen and oxygen atoms in total. The van der Waals surface area contributed by atoms with Crippen LogP contribution in [0.5, 0.6) is 0 Å². The zero-order valence-corrected chi connectivity index (χ0v) is 19.0. The lowest BCUT2D eigenvalue weighted by Gasteiger charge is -2.25. The Balaban J connectivity index is 2.87. The highest BCUT2D eigenvalue weighted by molar-refractivity contribution is 5.97. The number of carbonyl (C=O) groups is 6. The van der Waals surface area contributed by atoms with Gasteiger partial charge in [0.1, 0.15) is 18.1 Å². The molecule has 0 aromatic rings. The molecule has 1 heterocycles. The first kappa shape index (κ1) is 29.7. The summed E-state index contributed by atoms with van der Waals surface area (Å²) >= 11 is 0. The maximum atomic E-state index is 12.6. The molecule has 35 heavy (non-hydrogen) atoms. The number of rotatable bonds is 14. The van der Waals surface area contributed by atoms with Gasteiger partial charge in [0, 0.05) is 0 Å². The number of carbonyl (C=O) groups excluding carboxylic acids is 5. The van der Waals surface area contributed by atoms with Gasteiger partial charge in [-0.05, 0) is 26.3 Å². The van der Waals surface area contributed by atoms with Gasteiger partial charge in [-0.1, -0.05) is 0 Å². The predicted octanol–water partition coefficient (Wildman–Crippen LogP) is -6.00. The molecular weight excluding hydrogens is 472 g/mol. The van der Waals surface area contributed by atoms with Crippen molar-refractivity contribution in [2.75, 3.05) is 19.8 Å². The van der Waals surface area contributed by atoms with Gasteiger partial charge in [0.25, 0.3) is 0 Å². The number of nitrogens with one attached hydrogen (secondary N) is 5. The largest absolute Gasteiger partial charge is 0.480 e. The molecule has 0 bridgehead atoms. The molecule has 1 rings (SSSR count). The van der Waals surface area contributed by atoms with Crippen LogP contribution >= 0.6 is 0 Å². The van der Waals surface area contributed by atoms with Gasteiger partial charge in [-0.15, -0.1) is 0 Å². The number of amides is 5. The number of carboxylic acid groups (broad SMARTS) is 1. The standard InChI is InChI=1S/C19H32N6O10/c1-8(28)14(19(34)35)25-18(33)12(7-27)24-16(31)10(5-13(20)29)22-17(32)11(6-26)23-15(30)9-3-2-4-21-9/h8-12,14,21,26-28H,2-7H2,1H3,(H2,20,29)(H,22,32)(H,23,30)(H,24,31)(H,25,33)(H,34,35)/t8-,9+,10+,11+,12+,14+/m1/s1. The summed E-state index contributed by atoms with van der Waals surface area (Å²) < 4.78 is 0. The third-order valence-electron chi connectivity index (χ3n) is 5.09. The van der Waals surface area contributed by atoms with Crippen LogP contribution in [0.4, 0.5) is 0 Å². The summed E-state index contributed by atoms with van der Waals surface area (Å²) in [5, 5.41) is 48.8. The van der Waals surface area contributed by atoms with E-state index in [1.54, 1.807) is 0 Å². The van der Waals surface area contributed by atoms with Crippen molar-refractivity contribution in [2.45, 2.75) is 62.5 Å². The lowest BCUT2D eigenvalue weighted by atomic mass is 10.1.